The first-order valence-electron chi connectivity index (χ1n) is 14.0. The minimum Gasteiger partial charge on any atom is -0.294 e. The van der Waals surface area contributed by atoms with Gasteiger partial charge in [-0.1, -0.05) is 111 Å². The molecule has 1 aliphatic heterocycles. The summed E-state index contributed by atoms with van der Waals surface area (Å²) in [6.45, 7) is 4.57. The van der Waals surface area contributed by atoms with Crippen LogP contribution >= 0.6 is 0 Å². The number of benzene rings is 4. The lowest BCUT2D eigenvalue weighted by Crippen LogP contribution is -2.32. The highest BCUT2D eigenvalue weighted by Gasteiger charge is 2.38. The summed E-state index contributed by atoms with van der Waals surface area (Å²) in [4.78, 5) is 12.9. The predicted molar refractivity (Wildman–Crippen MR) is 169 cm³/mol. The molecule has 0 saturated carbocycles. The summed E-state index contributed by atoms with van der Waals surface area (Å²) in [5.74, 6) is 2.64. The number of pyridine rings is 2. The van der Waals surface area contributed by atoms with Crippen LogP contribution in [0.3, 0.4) is 0 Å². The van der Waals surface area contributed by atoms with Gasteiger partial charge < -0.3 is 0 Å². The third-order valence-electron chi connectivity index (χ3n) is 8.41. The fourth-order valence-corrected chi connectivity index (χ4v) is 6.40. The number of para-hydroxylation sites is 3. The molecule has 0 atom stereocenters. The summed E-state index contributed by atoms with van der Waals surface area (Å²) in [6, 6.07) is 46.8. The summed E-state index contributed by atoms with van der Waals surface area (Å²) < 4.78 is 2.27. The normalized spacial score (nSPS) is 13.8. The van der Waals surface area contributed by atoms with Crippen molar-refractivity contribution >= 4 is 39.1 Å². The lowest BCUT2D eigenvalue weighted by Gasteiger charge is -2.40. The Kier molecular flexibility index (Phi) is 5.13. The molecule has 4 nitrogen and oxygen atoms in total. The Morgan fingerprint density at radius 1 is 0.512 bits per heavy atom. The highest BCUT2D eigenvalue weighted by atomic mass is 15.3. The van der Waals surface area contributed by atoms with E-state index in [1.807, 2.05) is 6.07 Å². The number of hydrogen-bond acceptors (Lipinski definition) is 3. The summed E-state index contributed by atoms with van der Waals surface area (Å²) in [5.41, 5.74) is 7.66. The van der Waals surface area contributed by atoms with E-state index in [2.05, 4.69) is 151 Å². The summed E-state index contributed by atoms with van der Waals surface area (Å²) in [7, 11) is 0. The van der Waals surface area contributed by atoms with Crippen LogP contribution in [0.25, 0.3) is 38.9 Å². The molecule has 0 bridgehead atoms. The lowest BCUT2D eigenvalue weighted by atomic mass is 9.74. The van der Waals surface area contributed by atoms with Crippen LogP contribution in [0.5, 0.6) is 0 Å². The molecule has 0 amide bonds. The second kappa shape index (κ2) is 8.90. The molecule has 4 aromatic carbocycles. The lowest BCUT2D eigenvalue weighted by molar-refractivity contribution is 0.627. The molecule has 41 heavy (non-hydrogen) atoms. The Hall–Kier alpha value is -5.22. The van der Waals surface area contributed by atoms with Gasteiger partial charge >= 0.3 is 0 Å². The predicted octanol–water partition coefficient (Wildman–Crippen LogP) is 9.35. The third kappa shape index (κ3) is 3.54. The van der Waals surface area contributed by atoms with Gasteiger partial charge in [0.1, 0.15) is 17.5 Å². The first-order chi connectivity index (χ1) is 20.1. The van der Waals surface area contributed by atoms with Gasteiger partial charge in [-0.3, -0.25) is 9.47 Å². The van der Waals surface area contributed by atoms with Crippen molar-refractivity contribution in [1.29, 1.82) is 0 Å². The minimum absolute atomic E-state index is 0.213. The zero-order chi connectivity index (χ0) is 27.6. The number of nitrogens with zero attached hydrogens (tertiary/aromatic N) is 4. The van der Waals surface area contributed by atoms with Crippen LogP contribution in [-0.2, 0) is 5.41 Å². The number of fused-ring (bicyclic) bond motifs is 5. The van der Waals surface area contributed by atoms with Crippen LogP contribution in [-0.4, -0.2) is 14.5 Å². The first-order valence-corrected chi connectivity index (χ1v) is 14.0. The Morgan fingerprint density at radius 3 is 1.90 bits per heavy atom. The van der Waals surface area contributed by atoms with E-state index in [0.717, 1.165) is 45.4 Å². The zero-order valence-corrected chi connectivity index (χ0v) is 23.0. The van der Waals surface area contributed by atoms with E-state index in [1.54, 1.807) is 0 Å². The minimum atomic E-state index is -0.213. The van der Waals surface area contributed by atoms with Crippen LogP contribution < -0.4 is 4.90 Å². The van der Waals surface area contributed by atoms with Crippen LogP contribution in [0, 0.1) is 0 Å². The van der Waals surface area contributed by atoms with E-state index < -0.39 is 0 Å². The number of aromatic nitrogens is 3. The molecule has 8 rings (SSSR count). The molecule has 0 saturated heterocycles. The average Bonchev–Trinajstić information content (AvgIpc) is 3.36. The number of hydrogen-bond donors (Lipinski definition) is 0. The van der Waals surface area contributed by atoms with E-state index in [0.29, 0.717) is 0 Å². The molecular formula is C37H28N4. The first kappa shape index (κ1) is 23.6. The maximum atomic E-state index is 5.34. The Bertz CT molecular complexity index is 2040. The van der Waals surface area contributed by atoms with E-state index in [4.69, 9.17) is 9.97 Å². The van der Waals surface area contributed by atoms with Crippen molar-refractivity contribution in [2.24, 2.45) is 0 Å². The molecule has 196 valence electrons. The van der Waals surface area contributed by atoms with Gasteiger partial charge in [-0.15, -0.1) is 0 Å². The molecule has 0 radical (unpaired) electrons. The van der Waals surface area contributed by atoms with Crippen molar-refractivity contribution in [3.63, 3.8) is 0 Å². The summed E-state index contributed by atoms with van der Waals surface area (Å²) in [5, 5.41) is 2.44. The van der Waals surface area contributed by atoms with Crippen molar-refractivity contribution in [1.82, 2.24) is 14.5 Å². The topological polar surface area (TPSA) is 34.0 Å². The second-order valence-corrected chi connectivity index (χ2v) is 11.1. The van der Waals surface area contributed by atoms with Crippen LogP contribution in [0.1, 0.15) is 25.0 Å². The largest absolute Gasteiger partial charge is 0.294 e. The van der Waals surface area contributed by atoms with Gasteiger partial charge in [0.2, 0.25) is 0 Å². The third-order valence-corrected chi connectivity index (χ3v) is 8.41. The van der Waals surface area contributed by atoms with Gasteiger partial charge in [0, 0.05) is 27.3 Å². The Balaban J connectivity index is 1.38. The number of anilines is 3. The van der Waals surface area contributed by atoms with Crippen LogP contribution in [0.15, 0.2) is 133 Å². The fraction of sp³-hybridized carbons (Fsp3) is 0.0811. The molecule has 0 unspecified atom stereocenters. The van der Waals surface area contributed by atoms with Gasteiger partial charge in [-0.2, -0.15) is 0 Å². The summed E-state index contributed by atoms with van der Waals surface area (Å²) >= 11 is 0. The Morgan fingerprint density at radius 2 is 1.15 bits per heavy atom. The smallest absolute Gasteiger partial charge is 0.143 e. The maximum absolute atomic E-state index is 5.34. The van der Waals surface area contributed by atoms with Gasteiger partial charge in [0.25, 0.3) is 0 Å². The van der Waals surface area contributed by atoms with Crippen molar-refractivity contribution in [2.45, 2.75) is 19.3 Å². The standard InChI is InChI=1S/C37H28N4/c1-37(2)28-17-8-11-20-33(28)41(36-29(37)23-24-30(38-36)25-13-4-3-5-14-25)35-22-12-21-34(39-35)40-31-18-9-6-15-26(31)27-16-7-10-19-32(27)40/h3-24H,1-2H3. The molecule has 3 aromatic heterocycles. The SMILES string of the molecule is CC1(C)c2ccccc2N(c2cccc(-n3c4ccccc4c4ccccc43)n2)c2nc(-c3ccccc3)ccc21. The van der Waals surface area contributed by atoms with Gasteiger partial charge in [-0.05, 0) is 42.0 Å². The Labute approximate surface area is 239 Å². The molecule has 0 spiro atoms. The highest BCUT2D eigenvalue weighted by Crippen LogP contribution is 2.51. The van der Waals surface area contributed by atoms with Gasteiger partial charge in [0.05, 0.1) is 22.4 Å². The van der Waals surface area contributed by atoms with E-state index in [-0.39, 0.29) is 5.41 Å². The molecule has 1 aliphatic rings. The number of rotatable bonds is 3. The van der Waals surface area contributed by atoms with Crippen molar-refractivity contribution < 1.29 is 0 Å². The molecule has 0 aliphatic carbocycles. The van der Waals surface area contributed by atoms with Crippen molar-refractivity contribution in [3.8, 4) is 17.1 Å². The molecular weight excluding hydrogens is 500 g/mol. The van der Waals surface area contributed by atoms with E-state index in [1.165, 1.54) is 21.9 Å². The zero-order valence-electron chi connectivity index (χ0n) is 23.0. The fourth-order valence-electron chi connectivity index (χ4n) is 6.40. The molecule has 4 heterocycles. The quantitative estimate of drug-likeness (QED) is 0.229. The maximum Gasteiger partial charge on any atom is 0.143 e. The highest BCUT2D eigenvalue weighted by molar-refractivity contribution is 6.09. The van der Waals surface area contributed by atoms with Crippen molar-refractivity contribution in [3.05, 3.63) is 145 Å². The van der Waals surface area contributed by atoms with E-state index in [9.17, 15) is 0 Å². The van der Waals surface area contributed by atoms with Crippen LogP contribution in [0.4, 0.5) is 17.3 Å². The van der Waals surface area contributed by atoms with Crippen molar-refractivity contribution in [2.75, 3.05) is 4.90 Å². The van der Waals surface area contributed by atoms with E-state index >= 15 is 0 Å². The molecule has 0 N–H and O–H groups in total. The second-order valence-electron chi connectivity index (χ2n) is 11.1. The van der Waals surface area contributed by atoms with Crippen LogP contribution in [0.2, 0.25) is 0 Å². The monoisotopic (exact) mass is 528 g/mol. The van der Waals surface area contributed by atoms with Gasteiger partial charge in [-0.25, -0.2) is 9.97 Å². The molecule has 4 heteroatoms. The molecule has 0 fully saturated rings. The van der Waals surface area contributed by atoms with Gasteiger partial charge in [0.15, 0.2) is 0 Å². The molecule has 7 aromatic rings. The summed E-state index contributed by atoms with van der Waals surface area (Å²) in [6.07, 6.45) is 0. The average molecular weight is 529 g/mol.